The van der Waals surface area contributed by atoms with Crippen LogP contribution in [-0.2, 0) is 0 Å². The highest BCUT2D eigenvalue weighted by Crippen LogP contribution is 2.19. The van der Waals surface area contributed by atoms with Gasteiger partial charge in [0.2, 0.25) is 0 Å². The number of nitrogens with two attached hydrogens (primary N) is 1. The van der Waals surface area contributed by atoms with E-state index in [1.807, 2.05) is 6.26 Å². The number of rotatable bonds is 6. The summed E-state index contributed by atoms with van der Waals surface area (Å²) < 4.78 is 0. The van der Waals surface area contributed by atoms with Crippen LogP contribution in [0.1, 0.15) is 19.8 Å². The van der Waals surface area contributed by atoms with Crippen LogP contribution in [0.4, 0.5) is 5.82 Å². The van der Waals surface area contributed by atoms with E-state index in [1.54, 1.807) is 18.1 Å². The lowest BCUT2D eigenvalue weighted by atomic mass is 10.1. The van der Waals surface area contributed by atoms with Crippen LogP contribution >= 0.6 is 11.8 Å². The highest BCUT2D eigenvalue weighted by molar-refractivity contribution is 7.98. The third kappa shape index (κ3) is 3.84. The zero-order valence-electron chi connectivity index (χ0n) is 12.5. The Morgan fingerprint density at radius 3 is 2.65 bits per heavy atom. The summed E-state index contributed by atoms with van der Waals surface area (Å²) >= 11 is 1.66. The van der Waals surface area contributed by atoms with E-state index in [-0.39, 0.29) is 0 Å². The van der Waals surface area contributed by atoms with Gasteiger partial charge in [0.05, 0.1) is 0 Å². The van der Waals surface area contributed by atoms with Crippen molar-refractivity contribution in [1.29, 1.82) is 0 Å². The second kappa shape index (κ2) is 7.81. The highest BCUT2D eigenvalue weighted by Gasteiger charge is 2.23. The Bertz CT molecular complexity index is 406. The normalized spacial score (nSPS) is 18.2. The molecule has 0 saturated carbocycles. The van der Waals surface area contributed by atoms with Gasteiger partial charge in [-0.15, -0.1) is 11.8 Å². The predicted octanol–water partition coefficient (Wildman–Crippen LogP) is 1.45. The van der Waals surface area contributed by atoms with Crippen molar-refractivity contribution in [2.24, 2.45) is 5.73 Å². The van der Waals surface area contributed by atoms with Gasteiger partial charge in [-0.25, -0.2) is 9.97 Å². The summed E-state index contributed by atoms with van der Waals surface area (Å²) in [5.74, 6) is 1.05. The molecular weight excluding hydrogens is 270 g/mol. The van der Waals surface area contributed by atoms with E-state index in [2.05, 4.69) is 32.8 Å². The van der Waals surface area contributed by atoms with Crippen molar-refractivity contribution in [3.63, 3.8) is 0 Å². The van der Waals surface area contributed by atoms with Crippen LogP contribution in [0.3, 0.4) is 0 Å². The van der Waals surface area contributed by atoms with Crippen LogP contribution in [-0.4, -0.2) is 59.9 Å². The van der Waals surface area contributed by atoms with Crippen LogP contribution in [0.5, 0.6) is 0 Å². The zero-order valence-corrected chi connectivity index (χ0v) is 13.3. The molecule has 1 aliphatic heterocycles. The predicted molar refractivity (Wildman–Crippen MR) is 85.3 cm³/mol. The third-order valence-corrected chi connectivity index (χ3v) is 4.53. The largest absolute Gasteiger partial charge is 0.354 e. The number of piperazine rings is 1. The van der Waals surface area contributed by atoms with Crippen molar-refractivity contribution in [1.82, 2.24) is 14.9 Å². The van der Waals surface area contributed by atoms with Crippen LogP contribution in [0.15, 0.2) is 17.4 Å². The molecule has 2 rings (SSSR count). The molecule has 2 heterocycles. The van der Waals surface area contributed by atoms with Crippen molar-refractivity contribution in [2.45, 2.75) is 30.8 Å². The number of nitrogens with zero attached hydrogens (tertiary/aromatic N) is 4. The molecule has 1 aromatic rings. The Kier molecular flexibility index (Phi) is 6.06. The van der Waals surface area contributed by atoms with Gasteiger partial charge in [-0.05, 0) is 12.7 Å². The second-order valence-electron chi connectivity index (χ2n) is 5.12. The topological polar surface area (TPSA) is 58.3 Å². The summed E-state index contributed by atoms with van der Waals surface area (Å²) in [5, 5.41) is 1.03. The van der Waals surface area contributed by atoms with E-state index < -0.39 is 0 Å². The fraction of sp³-hybridized carbons (Fsp3) is 0.714. The molecule has 0 bridgehead atoms. The molecule has 1 aliphatic rings. The highest BCUT2D eigenvalue weighted by atomic mass is 32.2. The number of hydrogen-bond donors (Lipinski definition) is 1. The molecule has 1 aromatic heterocycles. The molecule has 112 valence electrons. The van der Waals surface area contributed by atoms with Gasteiger partial charge in [-0.2, -0.15) is 0 Å². The molecule has 1 fully saturated rings. The van der Waals surface area contributed by atoms with Gasteiger partial charge in [-0.1, -0.05) is 13.3 Å². The molecule has 0 amide bonds. The van der Waals surface area contributed by atoms with Crippen molar-refractivity contribution < 1.29 is 0 Å². The molecule has 0 spiro atoms. The lowest BCUT2D eigenvalue weighted by Gasteiger charge is -2.39. The average Bonchev–Trinajstić information content (AvgIpc) is 2.53. The van der Waals surface area contributed by atoms with Crippen molar-refractivity contribution in [2.75, 3.05) is 43.9 Å². The van der Waals surface area contributed by atoms with Crippen LogP contribution in [0.2, 0.25) is 0 Å². The van der Waals surface area contributed by atoms with Gasteiger partial charge in [0, 0.05) is 44.8 Å². The Hall–Kier alpha value is -0.850. The summed E-state index contributed by atoms with van der Waals surface area (Å²) in [4.78, 5) is 13.5. The van der Waals surface area contributed by atoms with E-state index in [9.17, 15) is 0 Å². The fourth-order valence-electron chi connectivity index (χ4n) is 2.71. The average molecular weight is 295 g/mol. The summed E-state index contributed by atoms with van der Waals surface area (Å²) in [6.07, 6.45) is 6.10. The SMILES string of the molecule is CCCC(CN)N1CCN(c2cc(SC)ncn2)CC1. The van der Waals surface area contributed by atoms with Crippen LogP contribution in [0.25, 0.3) is 0 Å². The zero-order chi connectivity index (χ0) is 14.4. The molecule has 1 atom stereocenters. The lowest BCUT2D eigenvalue weighted by Crippen LogP contribution is -2.52. The van der Waals surface area contributed by atoms with Gasteiger partial charge in [0.25, 0.3) is 0 Å². The van der Waals surface area contributed by atoms with E-state index in [0.29, 0.717) is 6.04 Å². The molecule has 6 heteroatoms. The summed E-state index contributed by atoms with van der Waals surface area (Å²) in [7, 11) is 0. The monoisotopic (exact) mass is 295 g/mol. The third-order valence-electron chi connectivity index (χ3n) is 3.89. The summed E-state index contributed by atoms with van der Waals surface area (Å²) in [6.45, 7) is 7.17. The molecule has 1 unspecified atom stereocenters. The number of hydrogen-bond acceptors (Lipinski definition) is 6. The van der Waals surface area contributed by atoms with Gasteiger partial charge in [-0.3, -0.25) is 4.90 Å². The Morgan fingerprint density at radius 1 is 1.30 bits per heavy atom. The molecule has 20 heavy (non-hydrogen) atoms. The van der Waals surface area contributed by atoms with Gasteiger partial charge in [0.1, 0.15) is 17.2 Å². The summed E-state index contributed by atoms with van der Waals surface area (Å²) in [6, 6.07) is 2.61. The van der Waals surface area contributed by atoms with E-state index in [4.69, 9.17) is 5.73 Å². The minimum atomic E-state index is 0.536. The fourth-order valence-corrected chi connectivity index (χ4v) is 3.09. The molecule has 0 radical (unpaired) electrons. The Balaban J connectivity index is 1.93. The van der Waals surface area contributed by atoms with Gasteiger partial charge in [0.15, 0.2) is 0 Å². The minimum Gasteiger partial charge on any atom is -0.354 e. The molecule has 0 aromatic carbocycles. The van der Waals surface area contributed by atoms with Crippen LogP contribution in [0, 0.1) is 0 Å². The number of anilines is 1. The smallest absolute Gasteiger partial charge is 0.133 e. The molecule has 1 saturated heterocycles. The maximum atomic E-state index is 5.89. The van der Waals surface area contributed by atoms with Crippen molar-refractivity contribution in [3.8, 4) is 0 Å². The number of thioether (sulfide) groups is 1. The lowest BCUT2D eigenvalue weighted by molar-refractivity contribution is 0.179. The second-order valence-corrected chi connectivity index (χ2v) is 5.95. The van der Waals surface area contributed by atoms with Crippen molar-refractivity contribution >= 4 is 17.6 Å². The van der Waals surface area contributed by atoms with Gasteiger partial charge < -0.3 is 10.6 Å². The molecule has 2 N–H and O–H groups in total. The Morgan fingerprint density at radius 2 is 2.05 bits per heavy atom. The molecule has 5 nitrogen and oxygen atoms in total. The van der Waals surface area contributed by atoms with E-state index >= 15 is 0 Å². The van der Waals surface area contributed by atoms with E-state index in [0.717, 1.165) is 43.6 Å². The summed E-state index contributed by atoms with van der Waals surface area (Å²) in [5.41, 5.74) is 5.89. The first-order chi connectivity index (χ1) is 9.78. The van der Waals surface area contributed by atoms with Crippen molar-refractivity contribution in [3.05, 3.63) is 12.4 Å². The Labute approximate surface area is 125 Å². The standard InChI is InChI=1S/C14H25N5S/c1-3-4-12(10-15)18-5-7-19(8-6-18)13-9-14(20-2)17-11-16-13/h9,11-12H,3-8,10,15H2,1-2H3. The first kappa shape index (κ1) is 15.5. The van der Waals surface area contributed by atoms with Crippen LogP contribution < -0.4 is 10.6 Å². The molecular formula is C14H25N5S. The maximum Gasteiger partial charge on any atom is 0.133 e. The van der Waals surface area contributed by atoms with Gasteiger partial charge >= 0.3 is 0 Å². The quantitative estimate of drug-likeness (QED) is 0.633. The minimum absolute atomic E-state index is 0.536. The maximum absolute atomic E-state index is 5.89. The first-order valence-electron chi connectivity index (χ1n) is 7.33. The van der Waals surface area contributed by atoms with E-state index in [1.165, 1.54) is 12.8 Å². The number of aromatic nitrogens is 2. The first-order valence-corrected chi connectivity index (χ1v) is 8.56. The molecule has 0 aliphatic carbocycles.